The predicted molar refractivity (Wildman–Crippen MR) is 64.1 cm³/mol. The summed E-state index contributed by atoms with van der Waals surface area (Å²) in [6, 6.07) is 0. The van der Waals surface area contributed by atoms with Crippen molar-refractivity contribution in [1.29, 1.82) is 0 Å². The minimum Gasteiger partial charge on any atom is -0.380 e. The van der Waals surface area contributed by atoms with Gasteiger partial charge in [-0.3, -0.25) is 0 Å². The summed E-state index contributed by atoms with van der Waals surface area (Å²) in [5.41, 5.74) is 0. The van der Waals surface area contributed by atoms with Crippen molar-refractivity contribution in [3.63, 3.8) is 0 Å². The highest BCUT2D eigenvalue weighted by Gasteiger charge is 2.18. The average molecular weight is 264 g/mol. The average Bonchev–Trinajstić information content (AvgIpc) is 2.25. The van der Waals surface area contributed by atoms with Crippen molar-refractivity contribution >= 4 is 15.9 Å². The monoisotopic (exact) mass is 263 g/mol. The van der Waals surface area contributed by atoms with E-state index in [0.29, 0.717) is 0 Å². The number of rotatable bonds is 6. The number of ether oxygens (including phenoxy) is 1. The zero-order chi connectivity index (χ0) is 10.2. The third-order valence-electron chi connectivity index (χ3n) is 2.72. The van der Waals surface area contributed by atoms with Crippen molar-refractivity contribution in [2.75, 3.05) is 38.2 Å². The van der Waals surface area contributed by atoms with Crippen LogP contribution in [-0.4, -0.2) is 43.1 Å². The van der Waals surface area contributed by atoms with E-state index in [2.05, 4.69) is 27.8 Å². The summed E-state index contributed by atoms with van der Waals surface area (Å²) in [5, 5.41) is 1.15. The number of nitrogens with zero attached hydrogens (tertiary/aromatic N) is 1. The second kappa shape index (κ2) is 7.66. The molecular weight excluding hydrogens is 242 g/mol. The molecule has 0 saturated carbocycles. The van der Waals surface area contributed by atoms with Gasteiger partial charge in [-0.05, 0) is 31.7 Å². The molecule has 0 radical (unpaired) electrons. The number of halogens is 1. The van der Waals surface area contributed by atoms with Crippen molar-refractivity contribution in [2.24, 2.45) is 5.92 Å². The van der Waals surface area contributed by atoms with Crippen LogP contribution in [0.4, 0.5) is 0 Å². The molecule has 1 saturated heterocycles. The zero-order valence-electron chi connectivity index (χ0n) is 9.17. The lowest BCUT2D eigenvalue weighted by Gasteiger charge is -2.31. The first kappa shape index (κ1) is 12.5. The molecular formula is C11H22BrNO. The molecule has 1 rings (SSSR count). The Morgan fingerprint density at radius 2 is 2.29 bits per heavy atom. The maximum absolute atomic E-state index is 5.50. The molecule has 1 atom stereocenters. The molecule has 0 aromatic carbocycles. The lowest BCUT2D eigenvalue weighted by Crippen LogP contribution is -2.38. The van der Waals surface area contributed by atoms with E-state index in [1.54, 1.807) is 0 Å². The molecule has 14 heavy (non-hydrogen) atoms. The van der Waals surface area contributed by atoms with E-state index in [4.69, 9.17) is 4.74 Å². The highest BCUT2D eigenvalue weighted by Crippen LogP contribution is 2.17. The molecule has 1 aliphatic rings. The Labute approximate surface area is 96.1 Å². The van der Waals surface area contributed by atoms with Gasteiger partial charge in [-0.25, -0.2) is 0 Å². The number of alkyl halides is 1. The Morgan fingerprint density at radius 3 is 3.00 bits per heavy atom. The van der Waals surface area contributed by atoms with Gasteiger partial charge < -0.3 is 9.64 Å². The fourth-order valence-electron chi connectivity index (χ4n) is 1.92. The summed E-state index contributed by atoms with van der Waals surface area (Å²) >= 11 is 3.57. The number of hydrogen-bond acceptors (Lipinski definition) is 2. The number of likely N-dealkylation sites (tertiary alicyclic amines) is 1. The molecule has 0 aromatic rings. The van der Waals surface area contributed by atoms with Gasteiger partial charge in [0.25, 0.3) is 0 Å². The van der Waals surface area contributed by atoms with E-state index in [0.717, 1.165) is 37.4 Å². The Balaban J connectivity index is 2.05. The minimum atomic E-state index is 0.856. The quantitative estimate of drug-likeness (QED) is 0.540. The lowest BCUT2D eigenvalue weighted by molar-refractivity contribution is 0.0882. The van der Waals surface area contributed by atoms with Crippen LogP contribution in [0.1, 0.15) is 26.2 Å². The fraction of sp³-hybridized carbons (Fsp3) is 1.00. The van der Waals surface area contributed by atoms with E-state index >= 15 is 0 Å². The van der Waals surface area contributed by atoms with Crippen LogP contribution in [0.3, 0.4) is 0 Å². The van der Waals surface area contributed by atoms with Gasteiger partial charge in [-0.15, -0.1) is 0 Å². The summed E-state index contributed by atoms with van der Waals surface area (Å²) < 4.78 is 5.50. The summed E-state index contributed by atoms with van der Waals surface area (Å²) in [4.78, 5) is 2.53. The molecule has 0 spiro atoms. The van der Waals surface area contributed by atoms with E-state index in [9.17, 15) is 0 Å². The highest BCUT2D eigenvalue weighted by molar-refractivity contribution is 9.09. The SMILES string of the molecule is CCCOCCN1CCCC(CBr)C1. The van der Waals surface area contributed by atoms with Crippen LogP contribution in [-0.2, 0) is 4.74 Å². The summed E-state index contributed by atoms with van der Waals surface area (Å²) in [7, 11) is 0. The molecule has 1 aliphatic heterocycles. The van der Waals surface area contributed by atoms with Gasteiger partial charge >= 0.3 is 0 Å². The van der Waals surface area contributed by atoms with Crippen LogP contribution in [0, 0.1) is 5.92 Å². The van der Waals surface area contributed by atoms with Gasteiger partial charge in [0, 0.05) is 25.0 Å². The van der Waals surface area contributed by atoms with Crippen LogP contribution in [0.25, 0.3) is 0 Å². The van der Waals surface area contributed by atoms with Crippen LogP contribution in [0.5, 0.6) is 0 Å². The summed E-state index contributed by atoms with van der Waals surface area (Å²) in [6.45, 7) is 7.60. The number of piperidine rings is 1. The van der Waals surface area contributed by atoms with Crippen molar-refractivity contribution in [2.45, 2.75) is 26.2 Å². The molecule has 84 valence electrons. The van der Waals surface area contributed by atoms with Gasteiger partial charge in [0.15, 0.2) is 0 Å². The van der Waals surface area contributed by atoms with Crippen molar-refractivity contribution in [3.8, 4) is 0 Å². The van der Waals surface area contributed by atoms with E-state index in [1.165, 1.54) is 25.9 Å². The van der Waals surface area contributed by atoms with Crippen LogP contribution >= 0.6 is 15.9 Å². The van der Waals surface area contributed by atoms with Gasteiger partial charge in [-0.2, -0.15) is 0 Å². The Kier molecular flexibility index (Phi) is 6.82. The summed E-state index contributed by atoms with van der Waals surface area (Å²) in [5.74, 6) is 0.856. The van der Waals surface area contributed by atoms with Crippen LogP contribution < -0.4 is 0 Å². The predicted octanol–water partition coefficient (Wildman–Crippen LogP) is 2.52. The highest BCUT2D eigenvalue weighted by atomic mass is 79.9. The van der Waals surface area contributed by atoms with E-state index in [-0.39, 0.29) is 0 Å². The maximum Gasteiger partial charge on any atom is 0.0593 e. The first-order chi connectivity index (χ1) is 6.86. The smallest absolute Gasteiger partial charge is 0.0593 e. The van der Waals surface area contributed by atoms with Crippen molar-refractivity contribution in [3.05, 3.63) is 0 Å². The molecule has 2 nitrogen and oxygen atoms in total. The van der Waals surface area contributed by atoms with Gasteiger partial charge in [-0.1, -0.05) is 22.9 Å². The van der Waals surface area contributed by atoms with Gasteiger partial charge in [0.1, 0.15) is 0 Å². The molecule has 3 heteroatoms. The zero-order valence-corrected chi connectivity index (χ0v) is 10.8. The van der Waals surface area contributed by atoms with E-state index in [1.807, 2.05) is 0 Å². The molecule has 0 N–H and O–H groups in total. The number of hydrogen-bond donors (Lipinski definition) is 0. The van der Waals surface area contributed by atoms with Crippen molar-refractivity contribution < 1.29 is 4.74 Å². The standard InChI is InChI=1S/C11H22BrNO/c1-2-7-14-8-6-13-5-3-4-11(9-12)10-13/h11H,2-10H2,1H3. The van der Waals surface area contributed by atoms with E-state index < -0.39 is 0 Å². The van der Waals surface area contributed by atoms with Gasteiger partial charge in [0.05, 0.1) is 6.61 Å². The minimum absolute atomic E-state index is 0.856. The molecule has 0 aliphatic carbocycles. The molecule has 0 bridgehead atoms. The Morgan fingerprint density at radius 1 is 1.43 bits per heavy atom. The largest absolute Gasteiger partial charge is 0.380 e. The normalized spacial score (nSPS) is 24.0. The first-order valence-electron chi connectivity index (χ1n) is 5.73. The summed E-state index contributed by atoms with van der Waals surface area (Å²) in [6.07, 6.45) is 3.87. The molecule has 1 fully saturated rings. The molecule has 0 aromatic heterocycles. The Bertz CT molecular complexity index is 143. The van der Waals surface area contributed by atoms with Crippen LogP contribution in [0.2, 0.25) is 0 Å². The Hall–Kier alpha value is 0.400. The lowest BCUT2D eigenvalue weighted by atomic mass is 10.0. The maximum atomic E-state index is 5.50. The topological polar surface area (TPSA) is 12.5 Å². The molecule has 0 amide bonds. The second-order valence-corrected chi connectivity index (χ2v) is 4.72. The fourth-order valence-corrected chi connectivity index (χ4v) is 2.45. The van der Waals surface area contributed by atoms with Gasteiger partial charge in [0.2, 0.25) is 0 Å². The molecule has 1 unspecified atom stereocenters. The first-order valence-corrected chi connectivity index (χ1v) is 6.85. The van der Waals surface area contributed by atoms with Crippen LogP contribution in [0.15, 0.2) is 0 Å². The third kappa shape index (κ3) is 4.76. The third-order valence-corrected chi connectivity index (χ3v) is 3.64. The molecule has 1 heterocycles. The van der Waals surface area contributed by atoms with Crippen molar-refractivity contribution in [1.82, 2.24) is 4.90 Å². The second-order valence-electron chi connectivity index (χ2n) is 4.08.